The maximum absolute atomic E-state index is 15.2. The van der Waals surface area contributed by atoms with Crippen molar-refractivity contribution in [2.24, 2.45) is 0 Å². The molecular formula is C131H118B4F2N10O2. The van der Waals surface area contributed by atoms with E-state index in [2.05, 4.69) is 372 Å². The average Bonchev–Trinajstić information content (AvgIpc) is 0.702. The average molecular weight is 1950 g/mol. The molecule has 9 aliphatic rings. The molecule has 12 nitrogen and oxygen atoms in total. The molecule has 0 saturated heterocycles. The van der Waals surface area contributed by atoms with E-state index < -0.39 is 0 Å². The summed E-state index contributed by atoms with van der Waals surface area (Å²) in [5.74, 6) is 2.45. The highest BCUT2D eigenvalue weighted by molar-refractivity contribution is 7.03. The van der Waals surface area contributed by atoms with Gasteiger partial charge in [-0.25, -0.2) is 13.6 Å². The van der Waals surface area contributed by atoms with Crippen LogP contribution in [-0.2, 0) is 0 Å². The molecule has 0 radical (unpaired) electrons. The molecule has 18 heteroatoms. The fourth-order valence-electron chi connectivity index (χ4n) is 25.6. The Hall–Kier alpha value is -16.2. The molecule has 6 heterocycles. The molecule has 0 unspecified atom stereocenters. The van der Waals surface area contributed by atoms with Gasteiger partial charge in [-0.15, -0.1) is 0 Å². The van der Waals surface area contributed by atoms with Crippen molar-refractivity contribution in [3.05, 3.63) is 414 Å². The van der Waals surface area contributed by atoms with Gasteiger partial charge in [0.1, 0.15) is 23.1 Å². The fraction of sp³-hybridized carbons (Fsp3) is 0.206. The molecule has 0 N–H and O–H groups in total. The first-order valence-electron chi connectivity index (χ1n) is 53.2. The van der Waals surface area contributed by atoms with E-state index in [1.54, 1.807) is 20.3 Å². The van der Waals surface area contributed by atoms with E-state index in [1.165, 1.54) is 224 Å². The minimum absolute atomic E-state index is 0.0698. The highest BCUT2D eigenvalue weighted by Crippen LogP contribution is 2.54. The van der Waals surface area contributed by atoms with E-state index in [9.17, 15) is 9.65 Å². The predicted octanol–water partition coefficient (Wildman–Crippen LogP) is 25.7. The zero-order valence-electron chi connectivity index (χ0n) is 86.2. The van der Waals surface area contributed by atoms with Gasteiger partial charge in [-0.2, -0.15) is 5.26 Å². The maximum Gasteiger partial charge on any atom is 0.252 e. The van der Waals surface area contributed by atoms with Crippen LogP contribution in [-0.4, -0.2) is 69.3 Å². The zero-order chi connectivity index (χ0) is 102. The van der Waals surface area contributed by atoms with Crippen LogP contribution in [0.5, 0.6) is 11.5 Å². The van der Waals surface area contributed by atoms with Crippen molar-refractivity contribution in [3.63, 3.8) is 0 Å². The summed E-state index contributed by atoms with van der Waals surface area (Å²) in [6.07, 6.45) is 18.7. The number of nitriles is 1. The van der Waals surface area contributed by atoms with E-state index in [0.717, 1.165) is 114 Å². The van der Waals surface area contributed by atoms with Crippen LogP contribution < -0.4 is 114 Å². The minimum Gasteiger partial charge on any atom is -0.497 e. The Morgan fingerprint density at radius 1 is 0.309 bits per heavy atom. The van der Waals surface area contributed by atoms with Gasteiger partial charge in [0.2, 0.25) is 6.71 Å². The molecule has 0 bridgehead atoms. The lowest BCUT2D eigenvalue weighted by atomic mass is 9.31. The quantitative estimate of drug-likeness (QED) is 0.0686. The largest absolute Gasteiger partial charge is 0.497 e. The number of methoxy groups -OCH3 is 2. The topological polar surface area (TPSA) is 72.5 Å². The van der Waals surface area contributed by atoms with Crippen molar-refractivity contribution in [1.29, 1.82) is 5.26 Å². The Kier molecular flexibility index (Phi) is 25.5. The number of fused-ring (bicyclic) bond motifs is 12. The van der Waals surface area contributed by atoms with Crippen molar-refractivity contribution in [1.82, 2.24) is 0 Å². The van der Waals surface area contributed by atoms with E-state index in [-0.39, 0.29) is 38.5 Å². The molecule has 149 heavy (non-hydrogen) atoms. The van der Waals surface area contributed by atoms with Crippen molar-refractivity contribution in [3.8, 4) is 17.6 Å². The number of halogens is 2. The van der Waals surface area contributed by atoms with Gasteiger partial charge < -0.3 is 48.7 Å². The molecule has 17 aromatic rings. The lowest BCUT2D eigenvalue weighted by Crippen LogP contribution is -2.63. The molecular weight excluding hydrogens is 1830 g/mol. The van der Waals surface area contributed by atoms with Crippen LogP contribution >= 0.6 is 0 Å². The Morgan fingerprint density at radius 2 is 0.631 bits per heavy atom. The van der Waals surface area contributed by atoms with Gasteiger partial charge in [-0.1, -0.05) is 212 Å². The molecule has 3 aliphatic carbocycles. The van der Waals surface area contributed by atoms with Gasteiger partial charge in [0.25, 0.3) is 20.1 Å². The summed E-state index contributed by atoms with van der Waals surface area (Å²) in [6.45, 7) is 14.1. The molecule has 6 aliphatic heterocycles. The highest BCUT2D eigenvalue weighted by Gasteiger charge is 2.50. The summed E-state index contributed by atoms with van der Waals surface area (Å²) in [7, 11) is 11.7. The second-order valence-corrected chi connectivity index (χ2v) is 42.4. The monoisotopic (exact) mass is 1940 g/mol. The Bertz CT molecular complexity index is 8010. The van der Waals surface area contributed by atoms with E-state index in [0.29, 0.717) is 29.0 Å². The molecule has 26 rings (SSSR count). The van der Waals surface area contributed by atoms with Crippen molar-refractivity contribution in [2.45, 2.75) is 135 Å². The van der Waals surface area contributed by atoms with Gasteiger partial charge in [-0.05, 0) is 373 Å². The highest BCUT2D eigenvalue weighted by atomic mass is 19.1. The molecule has 0 amide bonds. The van der Waals surface area contributed by atoms with Crippen LogP contribution in [0.3, 0.4) is 0 Å². The number of hydrogen-bond donors (Lipinski definition) is 0. The molecule has 3 fully saturated rings. The fourth-order valence-corrected chi connectivity index (χ4v) is 25.6. The summed E-state index contributed by atoms with van der Waals surface area (Å²) < 4.78 is 40.7. The number of ether oxygens (including phenoxy) is 2. The van der Waals surface area contributed by atoms with Crippen LogP contribution in [0.1, 0.15) is 153 Å². The summed E-state index contributed by atoms with van der Waals surface area (Å²) in [4.78, 5) is 22.5. The number of hydrogen-bond acceptors (Lipinski definition) is 11. The summed E-state index contributed by atoms with van der Waals surface area (Å²) in [5.41, 5.74) is 46.4. The lowest BCUT2D eigenvalue weighted by molar-refractivity contribution is 0.415. The molecule has 17 aromatic carbocycles. The third-order valence-corrected chi connectivity index (χ3v) is 32.9. The maximum atomic E-state index is 15.2. The first-order valence-corrected chi connectivity index (χ1v) is 53.2. The number of aryl methyl sites for hydroxylation is 3. The third-order valence-electron chi connectivity index (χ3n) is 32.9. The third kappa shape index (κ3) is 17.4. The SMILES string of the molecule is COc1ccc(N2c3ccc(OC)cc3B3c4cc(F)ccc4N(c4ccc(F)cc4)c4cc(C5CCCCC5)cc2c43)cc1.Cc1ccc(N2c3ccc(C)cc3B3c4cc(B(c5ccccc5)c5ccccc5)ccc4N(c4ccc(C)cc4)c4cc(C5CCCCC5)cc2c43)cc1.[C-]#[N+]c1ccc(N2c3ccc(C#N)cc3B3c4cc(N(C)C)ccc4N(c4ccc(N(C)C)cc4)c4cc(C5CCCCC5)cc2c43)cc1. The first kappa shape index (κ1) is 95.1. The van der Waals surface area contributed by atoms with Gasteiger partial charge in [0.05, 0.1) is 32.4 Å². The first-order chi connectivity index (χ1) is 72.9. The Labute approximate surface area is 877 Å². The van der Waals surface area contributed by atoms with Crippen LogP contribution in [0.25, 0.3) is 4.85 Å². The summed E-state index contributed by atoms with van der Waals surface area (Å²) >= 11 is 0. The molecule has 0 atom stereocenters. The normalized spacial score (nSPS) is 14.9. The van der Waals surface area contributed by atoms with Crippen molar-refractivity contribution >= 4 is 212 Å². The van der Waals surface area contributed by atoms with Crippen molar-refractivity contribution < 1.29 is 18.3 Å². The Morgan fingerprint density at radius 3 is 1.05 bits per heavy atom. The Balaban J connectivity index is 0.000000120. The number of benzene rings is 17. The number of rotatable bonds is 16. The van der Waals surface area contributed by atoms with E-state index in [4.69, 9.17) is 16.0 Å². The summed E-state index contributed by atoms with van der Waals surface area (Å²) in [6, 6.07) is 128. The predicted molar refractivity (Wildman–Crippen MR) is 623 cm³/mol. The molecule has 3 saturated carbocycles. The molecule has 0 aromatic heterocycles. The molecule has 0 spiro atoms. The number of nitrogens with zero attached hydrogens (tertiary/aromatic N) is 10. The van der Waals surface area contributed by atoms with E-state index in [1.807, 2.05) is 54.6 Å². The zero-order valence-corrected chi connectivity index (χ0v) is 86.2. The van der Waals surface area contributed by atoms with Gasteiger partial charge in [0, 0.05) is 142 Å². The van der Waals surface area contributed by atoms with Crippen LogP contribution in [0.2, 0.25) is 0 Å². The second-order valence-electron chi connectivity index (χ2n) is 42.4. The summed E-state index contributed by atoms with van der Waals surface area (Å²) in [5, 5.41) is 10.1. The molecule has 730 valence electrons. The standard InChI is InChI=1S/C51H46B2N2.C42H39BN6.C38H33BF2N2O2/c1-35-19-25-43(26-20-35)54-47-29-23-37(3)31-45(47)53-46-34-42(52(40-15-9-5-10-16-40)41-17-11-6-12-18-41)24-30-48(46)55(44-27-21-36(2)22-28-44)50-33-39(32-49(54)51(50)53)38-13-7-4-8-14-38;1-45-31-12-14-33(15-13-31)48-38-21-11-28(27-44)23-36(38)43-37-26-35(47(4)5)20-22-39(37)49(34-18-16-32(17-19-34)46(2)3)41-25-30(24-40(48)42(41)43)29-9-7-6-8-10-29;1-44-30-15-13-29(14-16-30)43-35-19-17-31(45-2)23-33(35)39-32-22-27(41)10-18-34(32)42(28-11-8-26(40)9-12-28)36-20-25(21-37(43)38(36)39)24-6-4-3-5-7-24/h5-6,9-12,15-34,38H,4,7-8,13-14H2,1-3H3;11-26,29H,6-10H2,2-5H3;8-24H,3-7H2,1-2H3. The van der Waals surface area contributed by atoms with Gasteiger partial charge in [0.15, 0.2) is 5.69 Å². The van der Waals surface area contributed by atoms with E-state index >= 15 is 4.39 Å². The van der Waals surface area contributed by atoms with Crippen LogP contribution in [0.4, 0.5) is 128 Å². The van der Waals surface area contributed by atoms with Crippen molar-refractivity contribution in [2.75, 3.05) is 81.6 Å². The second kappa shape index (κ2) is 39.9. The van der Waals surface area contributed by atoms with Gasteiger partial charge in [-0.3, -0.25) is 0 Å². The smallest absolute Gasteiger partial charge is 0.252 e. The number of anilines is 20. The van der Waals surface area contributed by atoms with Gasteiger partial charge >= 0.3 is 0 Å². The lowest BCUT2D eigenvalue weighted by Gasteiger charge is -2.45. The van der Waals surface area contributed by atoms with Crippen LogP contribution in [0, 0.1) is 50.3 Å². The minimum atomic E-state index is -0.294. The van der Waals surface area contributed by atoms with Crippen LogP contribution in [0.15, 0.2) is 352 Å².